The van der Waals surface area contributed by atoms with Crippen LogP contribution in [0.15, 0.2) is 66.7 Å². The Hall–Kier alpha value is -4.13. The summed E-state index contributed by atoms with van der Waals surface area (Å²) in [5.41, 5.74) is 5.29. The number of hydrogen-bond donors (Lipinski definition) is 3. The minimum atomic E-state index is -1.12. The topological polar surface area (TPSA) is 105 Å². The third kappa shape index (κ3) is 4.49. The van der Waals surface area contributed by atoms with Gasteiger partial charge >= 0.3 is 12.1 Å². The minimum Gasteiger partial charge on any atom is -0.478 e. The molecule has 7 heteroatoms. The maximum absolute atomic E-state index is 13.0. The van der Waals surface area contributed by atoms with Crippen LogP contribution in [0.3, 0.4) is 0 Å². The quantitative estimate of drug-likeness (QED) is 0.453. The van der Waals surface area contributed by atoms with Crippen molar-refractivity contribution >= 4 is 23.7 Å². The molecule has 0 aliphatic heterocycles. The van der Waals surface area contributed by atoms with Gasteiger partial charge in [0.25, 0.3) is 0 Å². The van der Waals surface area contributed by atoms with E-state index in [1.807, 2.05) is 36.4 Å². The second-order valence-electron chi connectivity index (χ2n) is 9.08. The number of carboxylic acid groups (broad SMARTS) is 1. The summed E-state index contributed by atoms with van der Waals surface area (Å²) in [6.07, 6.45) is 0.949. The Kier molecular flexibility index (Phi) is 5.99. The van der Waals surface area contributed by atoms with E-state index in [9.17, 15) is 19.5 Å². The molecule has 3 N–H and O–H groups in total. The molecule has 178 valence electrons. The van der Waals surface area contributed by atoms with Gasteiger partial charge in [0, 0.05) is 5.92 Å². The van der Waals surface area contributed by atoms with Gasteiger partial charge in [-0.05, 0) is 59.6 Å². The fourth-order valence-electron chi connectivity index (χ4n) is 4.86. The van der Waals surface area contributed by atoms with E-state index < -0.39 is 24.0 Å². The highest BCUT2D eigenvalue weighted by Crippen LogP contribution is 2.44. The van der Waals surface area contributed by atoms with Crippen LogP contribution in [-0.4, -0.2) is 35.7 Å². The summed E-state index contributed by atoms with van der Waals surface area (Å²) < 4.78 is 5.61. The summed E-state index contributed by atoms with van der Waals surface area (Å²) in [5, 5.41) is 14.9. The van der Waals surface area contributed by atoms with Gasteiger partial charge in [0.15, 0.2) is 0 Å². The number of hydrogen-bond acceptors (Lipinski definition) is 4. The zero-order valence-corrected chi connectivity index (χ0v) is 19.3. The average molecular weight is 471 g/mol. The number of nitrogens with one attached hydrogen (secondary N) is 2. The van der Waals surface area contributed by atoms with Gasteiger partial charge in [-0.1, -0.05) is 60.7 Å². The molecular weight excluding hydrogens is 444 g/mol. The van der Waals surface area contributed by atoms with E-state index in [2.05, 4.69) is 22.8 Å². The van der Waals surface area contributed by atoms with Gasteiger partial charge in [-0.25, -0.2) is 9.59 Å². The largest absolute Gasteiger partial charge is 0.478 e. The van der Waals surface area contributed by atoms with E-state index in [0.717, 1.165) is 35.1 Å². The van der Waals surface area contributed by atoms with E-state index in [4.69, 9.17) is 4.74 Å². The van der Waals surface area contributed by atoms with Crippen molar-refractivity contribution < 1.29 is 24.2 Å². The maximum Gasteiger partial charge on any atom is 0.407 e. The molecule has 35 heavy (non-hydrogen) atoms. The Bertz CT molecular complexity index is 1270. The van der Waals surface area contributed by atoms with Crippen LogP contribution in [0.25, 0.3) is 11.1 Å². The molecule has 3 aromatic rings. The first-order valence-electron chi connectivity index (χ1n) is 11.7. The van der Waals surface area contributed by atoms with Gasteiger partial charge in [0.1, 0.15) is 12.6 Å². The molecule has 1 saturated carbocycles. The highest BCUT2D eigenvalue weighted by Gasteiger charge is 2.38. The van der Waals surface area contributed by atoms with E-state index >= 15 is 0 Å². The summed E-state index contributed by atoms with van der Waals surface area (Å²) in [4.78, 5) is 37.4. The van der Waals surface area contributed by atoms with Crippen molar-refractivity contribution in [2.24, 2.45) is 5.92 Å². The van der Waals surface area contributed by atoms with Gasteiger partial charge in [0.05, 0.1) is 11.3 Å². The normalized spacial score (nSPS) is 15.0. The first kappa shape index (κ1) is 22.7. The monoisotopic (exact) mass is 470 g/mol. The number of aromatic carboxylic acids is 1. The van der Waals surface area contributed by atoms with Gasteiger partial charge in [-0.15, -0.1) is 0 Å². The predicted octanol–water partition coefficient (Wildman–Crippen LogP) is 4.95. The third-order valence-corrected chi connectivity index (χ3v) is 6.74. The van der Waals surface area contributed by atoms with Gasteiger partial charge in [-0.2, -0.15) is 0 Å². The van der Waals surface area contributed by atoms with Crippen LogP contribution in [0.5, 0.6) is 0 Å². The lowest BCUT2D eigenvalue weighted by Crippen LogP contribution is -2.46. The summed E-state index contributed by atoms with van der Waals surface area (Å²) >= 11 is 0. The van der Waals surface area contributed by atoms with Crippen LogP contribution in [0, 0.1) is 12.8 Å². The molecule has 0 heterocycles. The van der Waals surface area contributed by atoms with Crippen LogP contribution in [0.2, 0.25) is 0 Å². The van der Waals surface area contributed by atoms with Crippen LogP contribution in [0.1, 0.15) is 45.8 Å². The minimum absolute atomic E-state index is 0.00595. The number of alkyl carbamates (subject to hydrolysis) is 1. The molecule has 5 rings (SSSR count). The molecular formula is C28H26N2O5. The van der Waals surface area contributed by atoms with Crippen molar-refractivity contribution in [1.82, 2.24) is 5.32 Å². The van der Waals surface area contributed by atoms with Crippen molar-refractivity contribution in [2.75, 3.05) is 11.9 Å². The van der Waals surface area contributed by atoms with Crippen LogP contribution < -0.4 is 10.6 Å². The Labute approximate surface area is 203 Å². The summed E-state index contributed by atoms with van der Waals surface area (Å²) in [7, 11) is 0. The van der Waals surface area contributed by atoms with Crippen LogP contribution >= 0.6 is 0 Å². The summed E-state index contributed by atoms with van der Waals surface area (Å²) in [6.45, 7) is 1.83. The highest BCUT2D eigenvalue weighted by molar-refractivity contribution is 6.03. The lowest BCUT2D eigenvalue weighted by molar-refractivity contribution is -0.118. The molecule has 7 nitrogen and oxygen atoms in total. The molecule has 2 aliphatic rings. The SMILES string of the molecule is Cc1cccc(NC(=O)C(NC(=O)OCC2c3ccccc3-c3ccccc32)C2CC2)c1C(=O)O. The first-order valence-corrected chi connectivity index (χ1v) is 11.7. The molecule has 1 atom stereocenters. The molecule has 3 aromatic carbocycles. The molecule has 0 saturated heterocycles. The van der Waals surface area contributed by atoms with Crippen molar-refractivity contribution in [1.29, 1.82) is 0 Å². The van der Waals surface area contributed by atoms with E-state index in [-0.39, 0.29) is 29.7 Å². The van der Waals surface area contributed by atoms with Gasteiger partial charge < -0.3 is 20.5 Å². The number of ether oxygens (including phenoxy) is 1. The van der Waals surface area contributed by atoms with Crippen molar-refractivity contribution in [3.8, 4) is 11.1 Å². The fourth-order valence-corrected chi connectivity index (χ4v) is 4.86. The Morgan fingerprint density at radius 1 is 0.943 bits per heavy atom. The van der Waals surface area contributed by atoms with E-state index in [1.54, 1.807) is 25.1 Å². The third-order valence-electron chi connectivity index (χ3n) is 6.74. The van der Waals surface area contributed by atoms with E-state index in [0.29, 0.717) is 5.56 Å². The number of carbonyl (C=O) groups is 3. The van der Waals surface area contributed by atoms with E-state index in [1.165, 1.54) is 0 Å². The van der Waals surface area contributed by atoms with Crippen molar-refractivity contribution in [3.63, 3.8) is 0 Å². The lowest BCUT2D eigenvalue weighted by Gasteiger charge is -2.20. The van der Waals surface area contributed by atoms with Crippen molar-refractivity contribution in [3.05, 3.63) is 89.0 Å². The first-order chi connectivity index (χ1) is 16.9. The smallest absolute Gasteiger partial charge is 0.407 e. The number of aryl methyl sites for hydroxylation is 1. The van der Waals surface area contributed by atoms with Gasteiger partial charge in [-0.3, -0.25) is 4.79 Å². The average Bonchev–Trinajstić information content (AvgIpc) is 3.63. The number of benzene rings is 3. The Balaban J connectivity index is 1.27. The molecule has 2 aliphatic carbocycles. The second-order valence-corrected chi connectivity index (χ2v) is 9.08. The summed E-state index contributed by atoms with van der Waals surface area (Å²) in [5.74, 6) is -1.65. The zero-order valence-electron chi connectivity index (χ0n) is 19.3. The molecule has 2 amide bonds. The predicted molar refractivity (Wildman–Crippen MR) is 131 cm³/mol. The number of fused-ring (bicyclic) bond motifs is 3. The Morgan fingerprint density at radius 3 is 2.17 bits per heavy atom. The molecule has 1 unspecified atom stereocenters. The van der Waals surface area contributed by atoms with Crippen molar-refractivity contribution in [2.45, 2.75) is 31.7 Å². The molecule has 0 aromatic heterocycles. The van der Waals surface area contributed by atoms with Crippen LogP contribution in [-0.2, 0) is 9.53 Å². The number of amides is 2. The highest BCUT2D eigenvalue weighted by atomic mass is 16.5. The Morgan fingerprint density at radius 2 is 1.57 bits per heavy atom. The lowest BCUT2D eigenvalue weighted by atomic mass is 9.98. The number of carbonyl (C=O) groups excluding carboxylic acids is 2. The number of anilines is 1. The second kappa shape index (κ2) is 9.25. The maximum atomic E-state index is 13.0. The molecule has 1 fully saturated rings. The molecule has 0 spiro atoms. The van der Waals surface area contributed by atoms with Crippen LogP contribution in [0.4, 0.5) is 10.5 Å². The standard InChI is InChI=1S/C28H26N2O5/c1-16-7-6-12-23(24(16)27(32)33)29-26(31)25(17-13-14-17)30-28(34)35-15-22-20-10-4-2-8-18(20)19-9-3-5-11-21(19)22/h2-12,17,22,25H,13-15H2,1H3,(H,29,31)(H,30,34)(H,32,33). The number of rotatable bonds is 7. The molecule has 0 radical (unpaired) electrons. The summed E-state index contributed by atoms with van der Waals surface area (Å²) in [6, 6.07) is 20.3. The number of carboxylic acids is 1. The molecule has 0 bridgehead atoms. The zero-order chi connectivity index (χ0) is 24.5. The van der Waals surface area contributed by atoms with Gasteiger partial charge in [0.2, 0.25) is 5.91 Å². The fraction of sp³-hybridized carbons (Fsp3) is 0.250.